The summed E-state index contributed by atoms with van der Waals surface area (Å²) in [7, 11) is -1.29. The Morgan fingerprint density at radius 3 is 2.57 bits per heavy atom. The lowest BCUT2D eigenvalue weighted by atomic mass is 10.1. The molecule has 0 aromatic heterocycles. The molecule has 14 heavy (non-hydrogen) atoms. The maximum Gasteiger partial charge on any atom is 0.122 e. The standard InChI is InChI=1S/C12H16OSi/c1-14(2,3)12-8-10-6-4-5-7-11(10)9-13-12/h4-8H,9H2,1-3H3. The molecule has 1 nitrogen and oxygen atoms in total. The third kappa shape index (κ3) is 1.75. The molecule has 1 heterocycles. The van der Waals surface area contributed by atoms with E-state index in [0.29, 0.717) is 0 Å². The molecule has 1 aromatic carbocycles. The summed E-state index contributed by atoms with van der Waals surface area (Å²) in [6, 6.07) is 8.45. The third-order valence-electron chi connectivity index (χ3n) is 2.46. The number of benzene rings is 1. The van der Waals surface area contributed by atoms with Crippen molar-refractivity contribution in [3.63, 3.8) is 0 Å². The van der Waals surface area contributed by atoms with E-state index >= 15 is 0 Å². The molecule has 0 N–H and O–H groups in total. The summed E-state index contributed by atoms with van der Waals surface area (Å²) in [5.41, 5.74) is 2.63. The minimum Gasteiger partial charge on any atom is -0.498 e. The summed E-state index contributed by atoms with van der Waals surface area (Å²) in [6.07, 6.45) is 2.21. The van der Waals surface area contributed by atoms with Gasteiger partial charge in [-0.2, -0.15) is 0 Å². The second kappa shape index (κ2) is 3.28. The summed E-state index contributed by atoms with van der Waals surface area (Å²) >= 11 is 0. The van der Waals surface area contributed by atoms with Crippen molar-refractivity contribution in [1.29, 1.82) is 0 Å². The first-order valence-corrected chi connectivity index (χ1v) is 8.50. The Bertz CT molecular complexity index is 374. The summed E-state index contributed by atoms with van der Waals surface area (Å²) in [4.78, 5) is 0. The van der Waals surface area contributed by atoms with Crippen LogP contribution >= 0.6 is 0 Å². The first kappa shape index (κ1) is 9.53. The van der Waals surface area contributed by atoms with Crippen molar-refractivity contribution >= 4 is 14.1 Å². The summed E-state index contributed by atoms with van der Waals surface area (Å²) in [5, 5.41) is 1.22. The Labute approximate surface area is 86.4 Å². The Morgan fingerprint density at radius 2 is 1.86 bits per heavy atom. The van der Waals surface area contributed by atoms with E-state index in [-0.39, 0.29) is 0 Å². The molecule has 1 aliphatic heterocycles. The highest BCUT2D eigenvalue weighted by atomic mass is 28.3. The fourth-order valence-electron chi connectivity index (χ4n) is 1.58. The summed E-state index contributed by atoms with van der Waals surface area (Å²) in [5.74, 6) is 0. The number of ether oxygens (including phenoxy) is 1. The normalized spacial score (nSPS) is 15.5. The Morgan fingerprint density at radius 1 is 1.14 bits per heavy atom. The van der Waals surface area contributed by atoms with Crippen LogP contribution in [-0.4, -0.2) is 8.07 Å². The van der Waals surface area contributed by atoms with E-state index in [0.717, 1.165) is 6.61 Å². The maximum absolute atomic E-state index is 5.79. The Hall–Kier alpha value is -1.02. The zero-order chi connectivity index (χ0) is 10.2. The fourth-order valence-corrected chi connectivity index (χ4v) is 2.67. The molecule has 0 fully saturated rings. The van der Waals surface area contributed by atoms with Crippen LogP contribution in [0.4, 0.5) is 0 Å². The molecule has 0 amide bonds. The van der Waals surface area contributed by atoms with Gasteiger partial charge in [0.1, 0.15) is 14.7 Å². The molecule has 0 saturated carbocycles. The number of fused-ring (bicyclic) bond motifs is 1. The highest BCUT2D eigenvalue weighted by molar-refractivity contribution is 6.83. The maximum atomic E-state index is 5.79. The van der Waals surface area contributed by atoms with Crippen LogP contribution in [0.25, 0.3) is 6.08 Å². The van der Waals surface area contributed by atoms with Gasteiger partial charge < -0.3 is 4.74 Å². The van der Waals surface area contributed by atoms with Gasteiger partial charge in [-0.15, -0.1) is 0 Å². The van der Waals surface area contributed by atoms with E-state index in [1.54, 1.807) is 0 Å². The molecule has 0 unspecified atom stereocenters. The minimum absolute atomic E-state index is 0.742. The molecule has 0 radical (unpaired) electrons. The van der Waals surface area contributed by atoms with Gasteiger partial charge in [0.05, 0.1) is 5.38 Å². The van der Waals surface area contributed by atoms with Crippen molar-refractivity contribution in [1.82, 2.24) is 0 Å². The molecular formula is C12H16OSi. The smallest absolute Gasteiger partial charge is 0.122 e. The fraction of sp³-hybridized carbons (Fsp3) is 0.333. The molecule has 1 aromatic rings. The van der Waals surface area contributed by atoms with Crippen LogP contribution in [0, 0.1) is 0 Å². The van der Waals surface area contributed by atoms with Crippen molar-refractivity contribution in [3.05, 3.63) is 40.8 Å². The van der Waals surface area contributed by atoms with Gasteiger partial charge in [0.15, 0.2) is 0 Å². The van der Waals surface area contributed by atoms with Gasteiger partial charge in [-0.3, -0.25) is 0 Å². The number of hydrogen-bond acceptors (Lipinski definition) is 1. The second-order valence-corrected chi connectivity index (χ2v) is 9.74. The lowest BCUT2D eigenvalue weighted by Gasteiger charge is -2.26. The van der Waals surface area contributed by atoms with E-state index in [4.69, 9.17) is 4.74 Å². The van der Waals surface area contributed by atoms with Crippen LogP contribution in [-0.2, 0) is 11.3 Å². The minimum atomic E-state index is -1.29. The molecule has 1 aliphatic rings. The van der Waals surface area contributed by atoms with Crippen LogP contribution in [0.3, 0.4) is 0 Å². The van der Waals surface area contributed by atoms with Crippen LogP contribution < -0.4 is 0 Å². The average Bonchev–Trinajstić information content (AvgIpc) is 2.16. The molecule has 2 heteroatoms. The van der Waals surface area contributed by atoms with E-state index in [1.807, 2.05) is 0 Å². The highest BCUT2D eigenvalue weighted by Crippen LogP contribution is 2.27. The van der Waals surface area contributed by atoms with Crippen molar-refractivity contribution in [2.75, 3.05) is 0 Å². The first-order chi connectivity index (χ1) is 6.57. The lowest BCUT2D eigenvalue weighted by Crippen LogP contribution is -2.27. The third-order valence-corrected chi connectivity index (χ3v) is 4.23. The van der Waals surface area contributed by atoms with Gasteiger partial charge in [0.25, 0.3) is 0 Å². The molecule has 0 atom stereocenters. The molecule has 0 saturated heterocycles. The number of rotatable bonds is 1. The van der Waals surface area contributed by atoms with E-state index in [2.05, 4.69) is 50.0 Å². The zero-order valence-corrected chi connectivity index (χ0v) is 10.0. The molecule has 0 bridgehead atoms. The zero-order valence-electron chi connectivity index (χ0n) is 9.00. The summed E-state index contributed by atoms with van der Waals surface area (Å²) in [6.45, 7) is 7.68. The van der Waals surface area contributed by atoms with Crippen LogP contribution in [0.15, 0.2) is 29.6 Å². The van der Waals surface area contributed by atoms with Crippen molar-refractivity contribution in [3.8, 4) is 0 Å². The van der Waals surface area contributed by atoms with E-state index in [1.165, 1.54) is 16.5 Å². The SMILES string of the molecule is C[Si](C)(C)C1=Cc2ccccc2CO1. The molecule has 74 valence electrons. The van der Waals surface area contributed by atoms with E-state index in [9.17, 15) is 0 Å². The topological polar surface area (TPSA) is 9.23 Å². The van der Waals surface area contributed by atoms with Crippen molar-refractivity contribution in [2.24, 2.45) is 0 Å². The predicted octanol–water partition coefficient (Wildman–Crippen LogP) is 3.44. The highest BCUT2D eigenvalue weighted by Gasteiger charge is 2.24. The van der Waals surface area contributed by atoms with Crippen molar-refractivity contribution in [2.45, 2.75) is 26.2 Å². The molecule has 0 spiro atoms. The number of hydrogen-bond donors (Lipinski definition) is 0. The monoisotopic (exact) mass is 204 g/mol. The Balaban J connectivity index is 2.41. The van der Waals surface area contributed by atoms with Gasteiger partial charge in [-0.05, 0) is 17.2 Å². The van der Waals surface area contributed by atoms with Gasteiger partial charge in [-0.25, -0.2) is 0 Å². The average molecular weight is 204 g/mol. The lowest BCUT2D eigenvalue weighted by molar-refractivity contribution is 0.217. The van der Waals surface area contributed by atoms with Crippen LogP contribution in [0.1, 0.15) is 11.1 Å². The predicted molar refractivity (Wildman–Crippen MR) is 62.6 cm³/mol. The van der Waals surface area contributed by atoms with Crippen LogP contribution in [0.5, 0.6) is 0 Å². The summed E-state index contributed by atoms with van der Waals surface area (Å²) < 4.78 is 5.79. The second-order valence-electron chi connectivity index (χ2n) is 4.75. The van der Waals surface area contributed by atoms with Gasteiger partial charge >= 0.3 is 0 Å². The molecule has 2 rings (SSSR count). The Kier molecular flexibility index (Phi) is 2.23. The quantitative estimate of drug-likeness (QED) is 0.637. The first-order valence-electron chi connectivity index (χ1n) is 5.00. The van der Waals surface area contributed by atoms with Gasteiger partial charge in [0.2, 0.25) is 0 Å². The largest absolute Gasteiger partial charge is 0.498 e. The van der Waals surface area contributed by atoms with Crippen molar-refractivity contribution < 1.29 is 4.74 Å². The van der Waals surface area contributed by atoms with E-state index < -0.39 is 8.07 Å². The van der Waals surface area contributed by atoms with Gasteiger partial charge in [0, 0.05) is 0 Å². The van der Waals surface area contributed by atoms with Crippen LogP contribution in [0.2, 0.25) is 19.6 Å². The molecule has 0 aliphatic carbocycles. The van der Waals surface area contributed by atoms with Gasteiger partial charge in [-0.1, -0.05) is 43.9 Å². The molecular weight excluding hydrogens is 188 g/mol.